The Labute approximate surface area is 283 Å². The highest BCUT2D eigenvalue weighted by Gasteiger charge is 2.35. The lowest BCUT2D eigenvalue weighted by molar-refractivity contribution is -0.140. The first-order chi connectivity index (χ1) is 21.3. The number of halogens is 3. The fraction of sp³-hybridized carbons (Fsp3) is 0.235. The molecule has 0 saturated carbocycles. The lowest BCUT2D eigenvalue weighted by atomic mass is 10.0. The molecule has 0 bridgehead atoms. The van der Waals surface area contributed by atoms with Gasteiger partial charge < -0.3 is 10.2 Å². The lowest BCUT2D eigenvalue weighted by Gasteiger charge is -2.34. The van der Waals surface area contributed by atoms with Gasteiger partial charge in [-0.3, -0.25) is 13.9 Å². The zero-order valence-electron chi connectivity index (χ0n) is 25.1. The highest BCUT2D eigenvalue weighted by atomic mass is 79.9. The molecule has 11 heteroatoms. The molecule has 0 fully saturated rings. The van der Waals surface area contributed by atoms with Crippen LogP contribution in [-0.4, -0.2) is 43.8 Å². The van der Waals surface area contributed by atoms with Gasteiger partial charge in [-0.05, 0) is 80.4 Å². The topological polar surface area (TPSA) is 86.8 Å². The summed E-state index contributed by atoms with van der Waals surface area (Å²) in [6.45, 7) is 4.91. The average molecular weight is 732 g/mol. The smallest absolute Gasteiger partial charge is 0.264 e. The molecule has 0 unspecified atom stereocenters. The van der Waals surface area contributed by atoms with Crippen molar-refractivity contribution in [1.29, 1.82) is 0 Å². The summed E-state index contributed by atoms with van der Waals surface area (Å²) in [4.78, 5) is 29.7. The van der Waals surface area contributed by atoms with Crippen molar-refractivity contribution in [3.05, 3.63) is 128 Å². The maximum absolute atomic E-state index is 14.5. The molecule has 0 aromatic heterocycles. The van der Waals surface area contributed by atoms with E-state index < -0.39 is 28.5 Å². The maximum atomic E-state index is 14.5. The zero-order valence-corrected chi connectivity index (χ0v) is 29.0. The molecule has 7 nitrogen and oxygen atoms in total. The molecule has 0 spiro atoms. The molecule has 4 rings (SSSR count). The minimum atomic E-state index is -4.20. The number of sulfonamides is 1. The van der Waals surface area contributed by atoms with Crippen molar-refractivity contribution in [2.45, 2.75) is 50.7 Å². The standard InChI is InChI=1S/C34H34BrCl2N3O4S/c1-23(2)38-34(42)32(19-25-7-5-4-6-8-25)39(21-26-11-14-28(36)20-31(26)37)33(41)22-40(29-15-12-27(35)13-16-29)45(43,44)30-17-9-24(3)10-18-30/h4-18,20,23,32H,19,21-22H2,1-3H3,(H,38,42)/t32-/m0/s1. The minimum Gasteiger partial charge on any atom is -0.352 e. The van der Waals surface area contributed by atoms with E-state index >= 15 is 0 Å². The van der Waals surface area contributed by atoms with Crippen LogP contribution >= 0.6 is 39.1 Å². The van der Waals surface area contributed by atoms with Crippen molar-refractivity contribution in [1.82, 2.24) is 10.2 Å². The van der Waals surface area contributed by atoms with Crippen molar-refractivity contribution < 1.29 is 18.0 Å². The van der Waals surface area contributed by atoms with Crippen molar-refractivity contribution in [2.24, 2.45) is 0 Å². The van der Waals surface area contributed by atoms with Gasteiger partial charge in [0.1, 0.15) is 12.6 Å². The first-order valence-corrected chi connectivity index (χ1v) is 17.3. The minimum absolute atomic E-state index is 0.0366. The van der Waals surface area contributed by atoms with Gasteiger partial charge in [0.05, 0.1) is 10.6 Å². The van der Waals surface area contributed by atoms with Crippen LogP contribution in [0, 0.1) is 6.92 Å². The highest BCUT2D eigenvalue weighted by Crippen LogP contribution is 2.28. The fourth-order valence-electron chi connectivity index (χ4n) is 4.74. The molecule has 1 atom stereocenters. The van der Waals surface area contributed by atoms with Crippen molar-refractivity contribution in [3.8, 4) is 0 Å². The Morgan fingerprint density at radius 2 is 1.53 bits per heavy atom. The first kappa shape index (κ1) is 34.5. The van der Waals surface area contributed by atoms with Gasteiger partial charge in [0, 0.05) is 33.5 Å². The molecule has 0 saturated heterocycles. The number of amides is 2. The van der Waals surface area contributed by atoms with Crippen LogP contribution in [0.15, 0.2) is 106 Å². The summed E-state index contributed by atoms with van der Waals surface area (Å²) in [5.74, 6) is -0.955. The Balaban J connectivity index is 1.82. The van der Waals surface area contributed by atoms with Crippen molar-refractivity contribution in [3.63, 3.8) is 0 Å². The van der Waals surface area contributed by atoms with Gasteiger partial charge in [0.2, 0.25) is 11.8 Å². The van der Waals surface area contributed by atoms with Gasteiger partial charge in [-0.1, -0.05) is 93.2 Å². The highest BCUT2D eigenvalue weighted by molar-refractivity contribution is 9.10. The number of nitrogens with one attached hydrogen (secondary N) is 1. The number of anilines is 1. The van der Waals surface area contributed by atoms with Crippen LogP contribution in [0.3, 0.4) is 0 Å². The van der Waals surface area contributed by atoms with Crippen molar-refractivity contribution >= 4 is 66.7 Å². The van der Waals surface area contributed by atoms with Crippen LogP contribution < -0.4 is 9.62 Å². The number of hydrogen-bond donors (Lipinski definition) is 1. The van der Waals surface area contributed by atoms with E-state index in [2.05, 4.69) is 21.2 Å². The van der Waals surface area contributed by atoms with E-state index in [4.69, 9.17) is 23.2 Å². The Morgan fingerprint density at radius 3 is 2.13 bits per heavy atom. The van der Waals surface area contributed by atoms with E-state index in [0.717, 1.165) is 19.9 Å². The lowest BCUT2D eigenvalue weighted by Crippen LogP contribution is -2.54. The number of rotatable bonds is 12. The summed E-state index contributed by atoms with van der Waals surface area (Å²) in [5, 5.41) is 3.68. The molecule has 4 aromatic rings. The van der Waals surface area contributed by atoms with Gasteiger partial charge in [-0.25, -0.2) is 8.42 Å². The number of hydrogen-bond acceptors (Lipinski definition) is 4. The van der Waals surface area contributed by atoms with Gasteiger partial charge in [-0.15, -0.1) is 0 Å². The second kappa shape index (κ2) is 15.3. The molecular weight excluding hydrogens is 697 g/mol. The van der Waals surface area contributed by atoms with Gasteiger partial charge >= 0.3 is 0 Å². The van der Waals surface area contributed by atoms with E-state index in [-0.39, 0.29) is 29.8 Å². The summed E-state index contributed by atoms with van der Waals surface area (Å²) >= 11 is 16.1. The number of aryl methyl sites for hydroxylation is 1. The predicted molar refractivity (Wildman–Crippen MR) is 184 cm³/mol. The van der Waals surface area contributed by atoms with Crippen LogP contribution in [0.2, 0.25) is 10.0 Å². The molecule has 0 radical (unpaired) electrons. The number of carbonyl (C=O) groups is 2. The summed E-state index contributed by atoms with van der Waals surface area (Å²) in [6.07, 6.45) is 0.194. The molecule has 1 N–H and O–H groups in total. The maximum Gasteiger partial charge on any atom is 0.264 e. The van der Waals surface area contributed by atoms with E-state index in [0.29, 0.717) is 21.3 Å². The third-order valence-electron chi connectivity index (χ3n) is 7.06. The normalized spacial score (nSPS) is 12.1. The van der Waals surface area contributed by atoms with E-state index in [1.807, 2.05) is 51.1 Å². The summed E-state index contributed by atoms with van der Waals surface area (Å²) in [7, 11) is -4.20. The molecule has 236 valence electrons. The molecule has 0 heterocycles. The SMILES string of the molecule is Cc1ccc(S(=O)(=O)N(CC(=O)N(Cc2ccc(Cl)cc2Cl)[C@@H](Cc2ccccc2)C(=O)NC(C)C)c2ccc(Br)cc2)cc1. The third kappa shape index (κ3) is 9.10. The first-order valence-electron chi connectivity index (χ1n) is 14.3. The number of carbonyl (C=O) groups excluding carboxylic acids is 2. The number of nitrogens with zero attached hydrogens (tertiary/aromatic N) is 2. The van der Waals surface area contributed by atoms with Gasteiger partial charge in [0.25, 0.3) is 10.0 Å². The summed E-state index contributed by atoms with van der Waals surface area (Å²) < 4.78 is 30.0. The molecule has 0 aliphatic carbocycles. The molecular formula is C34H34BrCl2N3O4S. The van der Waals surface area contributed by atoms with Crippen LogP contribution in [-0.2, 0) is 32.6 Å². The Morgan fingerprint density at radius 1 is 0.889 bits per heavy atom. The second-order valence-corrected chi connectivity index (χ2v) is 14.5. The Kier molecular flexibility index (Phi) is 11.7. The predicted octanol–water partition coefficient (Wildman–Crippen LogP) is 7.42. The summed E-state index contributed by atoms with van der Waals surface area (Å²) in [5.41, 5.74) is 2.58. The largest absolute Gasteiger partial charge is 0.352 e. The Hall–Kier alpha value is -3.37. The number of benzene rings is 4. The Bertz CT molecular complexity index is 1740. The monoisotopic (exact) mass is 729 g/mol. The summed E-state index contributed by atoms with van der Waals surface area (Å²) in [6, 6.07) is 26.2. The van der Waals surface area contributed by atoms with E-state index in [1.54, 1.807) is 54.6 Å². The van der Waals surface area contributed by atoms with Crippen LogP contribution in [0.4, 0.5) is 5.69 Å². The van der Waals surface area contributed by atoms with Crippen LogP contribution in [0.25, 0.3) is 0 Å². The second-order valence-electron chi connectivity index (χ2n) is 10.9. The van der Waals surface area contributed by atoms with Crippen LogP contribution in [0.1, 0.15) is 30.5 Å². The molecule has 2 amide bonds. The van der Waals surface area contributed by atoms with E-state index in [9.17, 15) is 18.0 Å². The van der Waals surface area contributed by atoms with Crippen molar-refractivity contribution in [2.75, 3.05) is 10.8 Å². The van der Waals surface area contributed by atoms with E-state index in [1.165, 1.54) is 17.0 Å². The van der Waals surface area contributed by atoms with Gasteiger partial charge in [-0.2, -0.15) is 0 Å². The molecule has 4 aromatic carbocycles. The van der Waals surface area contributed by atoms with Gasteiger partial charge in [0.15, 0.2) is 0 Å². The average Bonchev–Trinajstić information content (AvgIpc) is 2.99. The fourth-order valence-corrected chi connectivity index (χ4v) is 6.89. The zero-order chi connectivity index (χ0) is 32.7. The quantitative estimate of drug-likeness (QED) is 0.164. The third-order valence-corrected chi connectivity index (χ3v) is 9.96. The van der Waals surface area contributed by atoms with Crippen LogP contribution in [0.5, 0.6) is 0 Å². The molecule has 0 aliphatic heterocycles. The molecule has 0 aliphatic rings. The molecule has 45 heavy (non-hydrogen) atoms.